The van der Waals surface area contributed by atoms with Gasteiger partial charge in [0, 0.05) is 28.9 Å². The lowest BCUT2D eigenvalue weighted by Crippen LogP contribution is -2.15. The highest BCUT2D eigenvalue weighted by atomic mass is 16.5. The summed E-state index contributed by atoms with van der Waals surface area (Å²) in [6.07, 6.45) is 0. The number of hydrogen-bond acceptors (Lipinski definition) is 4. The molecule has 5 heteroatoms. The molecule has 0 aliphatic carbocycles. The number of para-hydroxylation sites is 1. The maximum absolute atomic E-state index is 12.1. The fourth-order valence-electron chi connectivity index (χ4n) is 2.53. The van der Waals surface area contributed by atoms with E-state index in [1.807, 2.05) is 42.5 Å². The van der Waals surface area contributed by atoms with E-state index in [0.29, 0.717) is 23.4 Å². The molecule has 0 atom stereocenters. The first-order valence-corrected chi connectivity index (χ1v) is 7.34. The lowest BCUT2D eigenvalue weighted by atomic mass is 10.1. The molecule has 3 aromatic rings. The highest BCUT2D eigenvalue weighted by molar-refractivity contribution is 5.78. The Morgan fingerprint density at radius 3 is 2.74 bits per heavy atom. The van der Waals surface area contributed by atoms with Crippen molar-refractivity contribution in [3.8, 4) is 5.75 Å². The van der Waals surface area contributed by atoms with Crippen LogP contribution < -0.4 is 15.6 Å². The molecule has 5 nitrogen and oxygen atoms in total. The highest BCUT2D eigenvalue weighted by Crippen LogP contribution is 2.23. The zero-order valence-corrected chi connectivity index (χ0v) is 12.8. The number of aliphatic hydroxyl groups is 1. The van der Waals surface area contributed by atoms with Gasteiger partial charge in [0.05, 0.1) is 13.7 Å². The number of aromatic nitrogens is 1. The molecular formula is C18H18N2O3. The summed E-state index contributed by atoms with van der Waals surface area (Å²) in [4.78, 5) is 15.0. The van der Waals surface area contributed by atoms with Gasteiger partial charge < -0.3 is 20.1 Å². The summed E-state index contributed by atoms with van der Waals surface area (Å²) in [5.41, 5.74) is 2.90. The number of ether oxygens (including phenoxy) is 1. The minimum Gasteiger partial charge on any atom is -0.496 e. The van der Waals surface area contributed by atoms with E-state index < -0.39 is 0 Å². The van der Waals surface area contributed by atoms with E-state index in [4.69, 9.17) is 4.74 Å². The highest BCUT2D eigenvalue weighted by Gasteiger charge is 2.05. The zero-order valence-electron chi connectivity index (χ0n) is 12.8. The first-order chi connectivity index (χ1) is 11.2. The van der Waals surface area contributed by atoms with Crippen molar-refractivity contribution in [2.75, 3.05) is 12.4 Å². The number of aliphatic hydroxyl groups excluding tert-OH is 1. The Hall–Kier alpha value is -2.79. The molecule has 3 rings (SSSR count). The van der Waals surface area contributed by atoms with Gasteiger partial charge in [0.25, 0.3) is 5.56 Å². The predicted molar refractivity (Wildman–Crippen MR) is 90.8 cm³/mol. The molecule has 23 heavy (non-hydrogen) atoms. The van der Waals surface area contributed by atoms with E-state index in [1.54, 1.807) is 13.2 Å². The van der Waals surface area contributed by atoms with E-state index >= 15 is 0 Å². The Morgan fingerprint density at radius 2 is 1.96 bits per heavy atom. The molecule has 0 spiro atoms. The average molecular weight is 310 g/mol. The fourth-order valence-corrected chi connectivity index (χ4v) is 2.53. The number of methoxy groups -OCH3 is 1. The van der Waals surface area contributed by atoms with Crippen molar-refractivity contribution in [2.24, 2.45) is 0 Å². The Labute approximate surface area is 133 Å². The lowest BCUT2D eigenvalue weighted by molar-refractivity contribution is 0.274. The molecule has 0 saturated carbocycles. The number of hydrogen-bond donors (Lipinski definition) is 3. The van der Waals surface area contributed by atoms with Crippen LogP contribution in [0.2, 0.25) is 0 Å². The molecule has 0 aliphatic rings. The van der Waals surface area contributed by atoms with Crippen LogP contribution in [0.25, 0.3) is 10.9 Å². The second kappa shape index (κ2) is 6.54. The molecule has 2 aromatic carbocycles. The molecule has 0 unspecified atom stereocenters. The van der Waals surface area contributed by atoms with Gasteiger partial charge in [-0.1, -0.05) is 18.2 Å². The van der Waals surface area contributed by atoms with Crippen LogP contribution in [0.5, 0.6) is 5.75 Å². The normalized spacial score (nSPS) is 10.7. The van der Waals surface area contributed by atoms with Crippen LogP contribution in [0.15, 0.2) is 53.3 Å². The summed E-state index contributed by atoms with van der Waals surface area (Å²) in [6.45, 7) is 0.298. The summed E-state index contributed by atoms with van der Waals surface area (Å²) in [6, 6.07) is 15.0. The van der Waals surface area contributed by atoms with Crippen molar-refractivity contribution in [2.45, 2.75) is 13.2 Å². The second-order valence-corrected chi connectivity index (χ2v) is 5.25. The topological polar surface area (TPSA) is 74.3 Å². The van der Waals surface area contributed by atoms with E-state index in [1.165, 1.54) is 0 Å². The third kappa shape index (κ3) is 3.19. The molecule has 0 fully saturated rings. The summed E-state index contributed by atoms with van der Waals surface area (Å²) in [5.74, 6) is 0.640. The molecule has 1 heterocycles. The first-order valence-electron chi connectivity index (χ1n) is 7.34. The van der Waals surface area contributed by atoms with Crippen LogP contribution >= 0.6 is 0 Å². The van der Waals surface area contributed by atoms with Crippen molar-refractivity contribution < 1.29 is 9.84 Å². The Bertz CT molecular complexity index is 887. The Morgan fingerprint density at radius 1 is 1.13 bits per heavy atom. The minimum atomic E-state index is -0.105. The maximum Gasteiger partial charge on any atom is 0.253 e. The standard InChI is InChI=1S/C18H18N2O3/c1-23-17-7-6-15(9-14(17)11-21)19-10-13-8-12-4-2-3-5-16(12)20-18(13)22/h2-9,19,21H,10-11H2,1H3,(H,20,22). The monoisotopic (exact) mass is 310 g/mol. The van der Waals surface area contributed by atoms with Gasteiger partial charge in [0.1, 0.15) is 5.75 Å². The van der Waals surface area contributed by atoms with Crippen molar-refractivity contribution in [1.82, 2.24) is 4.98 Å². The van der Waals surface area contributed by atoms with Gasteiger partial charge >= 0.3 is 0 Å². The van der Waals surface area contributed by atoms with Crippen molar-refractivity contribution in [3.05, 3.63) is 70.0 Å². The number of pyridine rings is 1. The number of benzene rings is 2. The second-order valence-electron chi connectivity index (χ2n) is 5.25. The zero-order chi connectivity index (χ0) is 16.2. The number of anilines is 1. The molecule has 0 saturated heterocycles. The van der Waals surface area contributed by atoms with Crippen LogP contribution in [0.3, 0.4) is 0 Å². The number of H-pyrrole nitrogens is 1. The van der Waals surface area contributed by atoms with E-state index in [9.17, 15) is 9.90 Å². The maximum atomic E-state index is 12.1. The molecule has 0 bridgehead atoms. The number of aromatic amines is 1. The predicted octanol–water partition coefficient (Wildman–Crippen LogP) is 2.64. The summed E-state index contributed by atoms with van der Waals surface area (Å²) in [5, 5.41) is 13.6. The largest absolute Gasteiger partial charge is 0.496 e. The summed E-state index contributed by atoms with van der Waals surface area (Å²) in [7, 11) is 1.57. The molecule has 1 aromatic heterocycles. The van der Waals surface area contributed by atoms with Crippen molar-refractivity contribution in [1.29, 1.82) is 0 Å². The summed E-state index contributed by atoms with van der Waals surface area (Å²) >= 11 is 0. The number of fused-ring (bicyclic) bond motifs is 1. The van der Waals surface area contributed by atoms with E-state index in [-0.39, 0.29) is 12.2 Å². The van der Waals surface area contributed by atoms with E-state index in [0.717, 1.165) is 16.6 Å². The lowest BCUT2D eigenvalue weighted by Gasteiger charge is -2.11. The molecule has 0 aliphatic heterocycles. The SMILES string of the molecule is COc1ccc(NCc2cc3ccccc3[nH]c2=O)cc1CO. The molecule has 0 radical (unpaired) electrons. The quantitative estimate of drug-likeness (QED) is 0.677. The number of nitrogens with one attached hydrogen (secondary N) is 2. The third-order valence-electron chi connectivity index (χ3n) is 3.76. The molecule has 3 N–H and O–H groups in total. The minimum absolute atomic E-state index is 0.102. The van der Waals surface area contributed by atoms with Crippen LogP contribution in [0.1, 0.15) is 11.1 Å². The van der Waals surface area contributed by atoms with Gasteiger partial charge in [-0.3, -0.25) is 4.79 Å². The van der Waals surface area contributed by atoms with E-state index in [2.05, 4.69) is 10.3 Å². The van der Waals surface area contributed by atoms with Gasteiger partial charge in [-0.15, -0.1) is 0 Å². The Balaban J connectivity index is 1.83. The van der Waals surface area contributed by atoms with Gasteiger partial charge in [-0.25, -0.2) is 0 Å². The smallest absolute Gasteiger partial charge is 0.253 e. The van der Waals surface area contributed by atoms with Crippen LogP contribution in [-0.2, 0) is 13.2 Å². The number of rotatable bonds is 5. The fraction of sp³-hybridized carbons (Fsp3) is 0.167. The van der Waals surface area contributed by atoms with Gasteiger partial charge in [0.2, 0.25) is 0 Å². The first kappa shape index (κ1) is 15.1. The average Bonchev–Trinajstić information content (AvgIpc) is 2.59. The molecule has 0 amide bonds. The van der Waals surface area contributed by atoms with Gasteiger partial charge in [-0.2, -0.15) is 0 Å². The van der Waals surface area contributed by atoms with Crippen molar-refractivity contribution >= 4 is 16.6 Å². The molecule has 118 valence electrons. The van der Waals surface area contributed by atoms with Crippen LogP contribution in [0, 0.1) is 0 Å². The van der Waals surface area contributed by atoms with Gasteiger partial charge in [0.15, 0.2) is 0 Å². The Kier molecular flexibility index (Phi) is 4.30. The third-order valence-corrected chi connectivity index (χ3v) is 3.76. The van der Waals surface area contributed by atoms with Crippen molar-refractivity contribution in [3.63, 3.8) is 0 Å². The van der Waals surface area contributed by atoms with Crippen LogP contribution in [0.4, 0.5) is 5.69 Å². The summed E-state index contributed by atoms with van der Waals surface area (Å²) < 4.78 is 5.18. The molecular weight excluding hydrogens is 292 g/mol. The van der Waals surface area contributed by atoms with Crippen LogP contribution in [-0.4, -0.2) is 17.2 Å². The van der Waals surface area contributed by atoms with Gasteiger partial charge in [-0.05, 0) is 35.7 Å².